The number of carbonyl (C=O) groups is 3. The minimum Gasteiger partial charge on any atom is -0.479 e. The molecule has 2 N–H and O–H groups in total. The Morgan fingerprint density at radius 2 is 1.72 bits per heavy atom. The summed E-state index contributed by atoms with van der Waals surface area (Å²) in [6, 6.07) is 8.22. The van der Waals surface area contributed by atoms with Crippen LogP contribution < -0.4 is 15.4 Å². The van der Waals surface area contributed by atoms with Crippen LogP contribution >= 0.6 is 0 Å². The first-order chi connectivity index (χ1) is 11.6. The van der Waals surface area contributed by atoms with Gasteiger partial charge in [-0.3, -0.25) is 10.1 Å². The number of hydrogen-bond acceptors (Lipinski definition) is 5. The Kier molecular flexibility index (Phi) is 7.42. The Bertz CT molecular complexity index is 595. The Labute approximate surface area is 148 Å². The fourth-order valence-electron chi connectivity index (χ4n) is 1.85. The summed E-state index contributed by atoms with van der Waals surface area (Å²) in [6.45, 7) is 8.52. The summed E-state index contributed by atoms with van der Waals surface area (Å²) in [4.78, 5) is 35.8. The van der Waals surface area contributed by atoms with E-state index in [2.05, 4.69) is 10.6 Å². The van der Waals surface area contributed by atoms with Crippen LogP contribution in [0.25, 0.3) is 0 Å². The second-order valence-corrected chi connectivity index (χ2v) is 6.60. The van der Waals surface area contributed by atoms with Crippen molar-refractivity contribution in [3.63, 3.8) is 0 Å². The number of nitrogens with one attached hydrogen (secondary N) is 2. The van der Waals surface area contributed by atoms with Crippen molar-refractivity contribution in [2.24, 2.45) is 0 Å². The third-order valence-electron chi connectivity index (χ3n) is 3.04. The molecular formula is C18H26N2O5. The van der Waals surface area contributed by atoms with E-state index in [9.17, 15) is 14.4 Å². The largest absolute Gasteiger partial charge is 0.479 e. The SMILES string of the molecule is CC[C@@H](Oc1ccccc1)C(=O)O[C@@H](C)C(=O)NC(=O)NC(C)(C)C. The van der Waals surface area contributed by atoms with Gasteiger partial charge in [-0.1, -0.05) is 25.1 Å². The summed E-state index contributed by atoms with van der Waals surface area (Å²) < 4.78 is 10.7. The molecule has 2 atom stereocenters. The molecule has 0 aliphatic heterocycles. The number of carbonyl (C=O) groups excluding carboxylic acids is 3. The van der Waals surface area contributed by atoms with Gasteiger partial charge < -0.3 is 14.8 Å². The number of benzene rings is 1. The lowest BCUT2D eigenvalue weighted by molar-refractivity contribution is -0.161. The van der Waals surface area contributed by atoms with Gasteiger partial charge in [0, 0.05) is 5.54 Å². The van der Waals surface area contributed by atoms with Crippen LogP contribution in [0, 0.1) is 0 Å². The number of rotatable bonds is 6. The molecule has 0 heterocycles. The van der Waals surface area contributed by atoms with Gasteiger partial charge in [-0.05, 0) is 46.2 Å². The summed E-state index contributed by atoms with van der Waals surface area (Å²) in [7, 11) is 0. The van der Waals surface area contributed by atoms with Crippen molar-refractivity contribution < 1.29 is 23.9 Å². The Morgan fingerprint density at radius 3 is 2.24 bits per heavy atom. The molecule has 25 heavy (non-hydrogen) atoms. The summed E-state index contributed by atoms with van der Waals surface area (Å²) in [5.74, 6) is -0.831. The number of para-hydroxylation sites is 1. The van der Waals surface area contributed by atoms with Crippen molar-refractivity contribution in [2.75, 3.05) is 0 Å². The number of amides is 3. The Hall–Kier alpha value is -2.57. The molecule has 0 aromatic heterocycles. The van der Waals surface area contributed by atoms with Crippen LogP contribution in [0.15, 0.2) is 30.3 Å². The number of ether oxygens (including phenoxy) is 2. The van der Waals surface area contributed by atoms with Crippen molar-refractivity contribution in [3.8, 4) is 5.75 Å². The van der Waals surface area contributed by atoms with Gasteiger partial charge in [-0.25, -0.2) is 9.59 Å². The van der Waals surface area contributed by atoms with Gasteiger partial charge in [0.05, 0.1) is 0 Å². The zero-order valence-electron chi connectivity index (χ0n) is 15.3. The molecule has 0 spiro atoms. The van der Waals surface area contributed by atoms with E-state index in [0.717, 1.165) is 0 Å². The molecule has 1 aromatic carbocycles. The first-order valence-corrected chi connectivity index (χ1v) is 8.17. The van der Waals surface area contributed by atoms with Crippen molar-refractivity contribution in [1.82, 2.24) is 10.6 Å². The maximum Gasteiger partial charge on any atom is 0.348 e. The van der Waals surface area contributed by atoms with Crippen molar-refractivity contribution >= 4 is 17.9 Å². The zero-order chi connectivity index (χ0) is 19.0. The lowest BCUT2D eigenvalue weighted by atomic mass is 10.1. The third-order valence-corrected chi connectivity index (χ3v) is 3.04. The highest BCUT2D eigenvalue weighted by Gasteiger charge is 2.26. The molecule has 1 aromatic rings. The predicted molar refractivity (Wildman–Crippen MR) is 93.1 cm³/mol. The third kappa shape index (κ3) is 7.69. The standard InChI is InChI=1S/C18H26N2O5/c1-6-14(25-13-10-8-7-9-11-13)16(22)24-12(2)15(21)19-17(23)20-18(3,4)5/h7-12,14H,6H2,1-5H3,(H2,19,20,21,23)/t12-,14+/m0/s1. The van der Waals surface area contributed by atoms with Crippen LogP contribution in [0.3, 0.4) is 0 Å². The van der Waals surface area contributed by atoms with Crippen LogP contribution in [0.4, 0.5) is 4.79 Å². The molecule has 0 saturated heterocycles. The molecular weight excluding hydrogens is 324 g/mol. The number of hydrogen-bond donors (Lipinski definition) is 2. The van der Waals surface area contributed by atoms with E-state index in [1.807, 2.05) is 6.07 Å². The minimum absolute atomic E-state index is 0.382. The minimum atomic E-state index is -1.12. The smallest absolute Gasteiger partial charge is 0.348 e. The second-order valence-electron chi connectivity index (χ2n) is 6.60. The molecule has 0 aliphatic rings. The summed E-state index contributed by atoms with van der Waals surface area (Å²) in [6.07, 6.45) is -1.57. The maximum absolute atomic E-state index is 12.2. The molecule has 0 bridgehead atoms. The summed E-state index contributed by atoms with van der Waals surface area (Å²) in [5.41, 5.74) is -0.485. The molecule has 3 amide bonds. The highest BCUT2D eigenvalue weighted by atomic mass is 16.6. The quantitative estimate of drug-likeness (QED) is 0.769. The number of urea groups is 1. The van der Waals surface area contributed by atoms with E-state index in [4.69, 9.17) is 9.47 Å². The lowest BCUT2D eigenvalue weighted by Crippen LogP contribution is -2.51. The van der Waals surface area contributed by atoms with E-state index in [1.54, 1.807) is 52.0 Å². The fourth-order valence-corrected chi connectivity index (χ4v) is 1.85. The molecule has 7 nitrogen and oxygen atoms in total. The Balaban J connectivity index is 2.55. The van der Waals surface area contributed by atoms with Gasteiger partial charge >= 0.3 is 12.0 Å². The fraction of sp³-hybridized carbons (Fsp3) is 0.500. The van der Waals surface area contributed by atoms with E-state index in [0.29, 0.717) is 12.2 Å². The van der Waals surface area contributed by atoms with E-state index >= 15 is 0 Å². The average molecular weight is 350 g/mol. The van der Waals surface area contributed by atoms with Gasteiger partial charge in [0.15, 0.2) is 12.2 Å². The molecule has 7 heteroatoms. The molecule has 138 valence electrons. The van der Waals surface area contributed by atoms with Crippen LogP contribution in [0.2, 0.25) is 0 Å². The number of imide groups is 1. The molecule has 0 radical (unpaired) electrons. The van der Waals surface area contributed by atoms with Crippen LogP contribution in [0.1, 0.15) is 41.0 Å². The first-order valence-electron chi connectivity index (χ1n) is 8.17. The van der Waals surface area contributed by atoms with E-state index in [-0.39, 0.29) is 0 Å². The van der Waals surface area contributed by atoms with E-state index < -0.39 is 35.7 Å². The molecule has 0 fully saturated rings. The maximum atomic E-state index is 12.2. The van der Waals surface area contributed by atoms with Gasteiger partial charge in [-0.2, -0.15) is 0 Å². The molecule has 0 aliphatic carbocycles. The van der Waals surface area contributed by atoms with Crippen molar-refractivity contribution in [2.45, 2.75) is 58.8 Å². The van der Waals surface area contributed by atoms with Crippen molar-refractivity contribution in [3.05, 3.63) is 30.3 Å². The highest BCUT2D eigenvalue weighted by Crippen LogP contribution is 2.14. The second kappa shape index (κ2) is 9.05. The molecule has 1 rings (SSSR count). The van der Waals surface area contributed by atoms with Gasteiger partial charge in [-0.15, -0.1) is 0 Å². The van der Waals surface area contributed by atoms with Gasteiger partial charge in [0.25, 0.3) is 5.91 Å². The van der Waals surface area contributed by atoms with Crippen LogP contribution in [-0.2, 0) is 14.3 Å². The number of esters is 1. The van der Waals surface area contributed by atoms with Crippen LogP contribution in [-0.4, -0.2) is 35.7 Å². The van der Waals surface area contributed by atoms with Gasteiger partial charge in [0.1, 0.15) is 5.75 Å². The topological polar surface area (TPSA) is 93.7 Å². The van der Waals surface area contributed by atoms with Crippen molar-refractivity contribution in [1.29, 1.82) is 0 Å². The first kappa shape index (κ1) is 20.5. The lowest BCUT2D eigenvalue weighted by Gasteiger charge is -2.22. The van der Waals surface area contributed by atoms with Crippen LogP contribution in [0.5, 0.6) is 5.75 Å². The monoisotopic (exact) mass is 350 g/mol. The Morgan fingerprint density at radius 1 is 1.12 bits per heavy atom. The predicted octanol–water partition coefficient (Wildman–Crippen LogP) is 2.40. The zero-order valence-corrected chi connectivity index (χ0v) is 15.3. The summed E-state index contributed by atoms with van der Waals surface area (Å²) in [5, 5.41) is 4.73. The molecule has 0 unspecified atom stereocenters. The molecule has 0 saturated carbocycles. The highest BCUT2D eigenvalue weighted by molar-refractivity contribution is 5.97. The average Bonchev–Trinajstić information content (AvgIpc) is 2.51. The van der Waals surface area contributed by atoms with Gasteiger partial charge in [0.2, 0.25) is 0 Å². The van der Waals surface area contributed by atoms with E-state index in [1.165, 1.54) is 6.92 Å². The summed E-state index contributed by atoms with van der Waals surface area (Å²) >= 11 is 0. The normalized spacial score (nSPS) is 13.3.